The van der Waals surface area contributed by atoms with Crippen LogP contribution in [0.4, 0.5) is 5.13 Å². The molecule has 0 aliphatic carbocycles. The highest BCUT2D eigenvalue weighted by atomic mass is 35.5. The van der Waals surface area contributed by atoms with E-state index in [0.29, 0.717) is 16.7 Å². The number of rotatable bonds is 6. The second kappa shape index (κ2) is 8.59. The number of methoxy groups -OCH3 is 1. The number of carbonyl (C=O) groups excluding carboxylic acids is 1. The van der Waals surface area contributed by atoms with E-state index in [1.165, 1.54) is 11.3 Å². The topological polar surface area (TPSA) is 55.3 Å². The minimum atomic E-state index is -0.0759. The van der Waals surface area contributed by atoms with Gasteiger partial charge in [0, 0.05) is 17.4 Å². The highest BCUT2D eigenvalue weighted by Gasteiger charge is 2.21. The zero-order valence-corrected chi connectivity index (χ0v) is 17.3. The molecule has 2 aromatic carbocycles. The fourth-order valence-corrected chi connectivity index (χ4v) is 4.19. The predicted molar refractivity (Wildman–Crippen MR) is 117 cm³/mol. The Morgan fingerprint density at radius 3 is 2.79 bits per heavy atom. The fraction of sp³-hybridized carbons (Fsp3) is 0.136. The lowest BCUT2D eigenvalue weighted by Gasteiger charge is -2.20. The van der Waals surface area contributed by atoms with Crippen LogP contribution in [0.5, 0.6) is 5.75 Å². The molecule has 146 valence electrons. The molecular formula is C22H18ClN3O2S. The Hall–Kier alpha value is -2.96. The molecule has 0 aliphatic rings. The third-order valence-electron chi connectivity index (χ3n) is 4.48. The molecule has 2 aromatic heterocycles. The Kier molecular flexibility index (Phi) is 5.74. The summed E-state index contributed by atoms with van der Waals surface area (Å²) < 4.78 is 6.26. The van der Waals surface area contributed by atoms with E-state index in [-0.39, 0.29) is 12.3 Å². The van der Waals surface area contributed by atoms with Crippen molar-refractivity contribution in [2.24, 2.45) is 0 Å². The SMILES string of the molecule is COc1ccc2nc(N(Cc3cccnc3)C(=O)Cc3ccccc3Cl)sc2c1. The van der Waals surface area contributed by atoms with Gasteiger partial charge in [-0.15, -0.1) is 0 Å². The van der Waals surface area contributed by atoms with Crippen LogP contribution in [0.3, 0.4) is 0 Å². The van der Waals surface area contributed by atoms with E-state index < -0.39 is 0 Å². The number of thiazole rings is 1. The number of benzene rings is 2. The van der Waals surface area contributed by atoms with Gasteiger partial charge >= 0.3 is 0 Å². The Balaban J connectivity index is 1.70. The number of carbonyl (C=O) groups is 1. The molecule has 4 rings (SSSR count). The maximum absolute atomic E-state index is 13.3. The third-order valence-corrected chi connectivity index (χ3v) is 5.89. The van der Waals surface area contributed by atoms with Gasteiger partial charge < -0.3 is 4.74 Å². The molecular weight excluding hydrogens is 406 g/mol. The summed E-state index contributed by atoms with van der Waals surface area (Å²) in [6, 6.07) is 16.9. The molecule has 7 heteroatoms. The molecule has 29 heavy (non-hydrogen) atoms. The Bertz CT molecular complexity index is 1150. The molecule has 5 nitrogen and oxygen atoms in total. The standard InChI is InChI=1S/C22H18ClN3O2S/c1-28-17-8-9-19-20(12-17)29-22(25-19)26(14-15-5-4-10-24-13-15)21(27)11-16-6-2-3-7-18(16)23/h2-10,12-13H,11,14H2,1H3. The Morgan fingerprint density at radius 2 is 2.03 bits per heavy atom. The molecule has 0 saturated carbocycles. The first-order valence-electron chi connectivity index (χ1n) is 9.01. The van der Waals surface area contributed by atoms with E-state index in [1.807, 2.05) is 48.5 Å². The zero-order valence-electron chi connectivity index (χ0n) is 15.7. The van der Waals surface area contributed by atoms with Gasteiger partial charge in [0.25, 0.3) is 0 Å². The first-order valence-corrected chi connectivity index (χ1v) is 10.2. The number of fused-ring (bicyclic) bond motifs is 1. The van der Waals surface area contributed by atoms with Gasteiger partial charge in [-0.25, -0.2) is 4.98 Å². The number of hydrogen-bond acceptors (Lipinski definition) is 5. The second-order valence-corrected chi connectivity index (χ2v) is 7.86. The van der Waals surface area contributed by atoms with Gasteiger partial charge in [0.2, 0.25) is 5.91 Å². The number of aromatic nitrogens is 2. The third kappa shape index (κ3) is 4.39. The van der Waals surface area contributed by atoms with Crippen molar-refractivity contribution in [1.82, 2.24) is 9.97 Å². The van der Waals surface area contributed by atoms with Gasteiger partial charge in [-0.05, 0) is 41.5 Å². The first-order chi connectivity index (χ1) is 14.1. The summed E-state index contributed by atoms with van der Waals surface area (Å²) in [6.45, 7) is 0.383. The number of anilines is 1. The van der Waals surface area contributed by atoms with Crippen LogP contribution >= 0.6 is 22.9 Å². The minimum Gasteiger partial charge on any atom is -0.497 e. The van der Waals surface area contributed by atoms with Crippen LogP contribution in [0.1, 0.15) is 11.1 Å². The molecule has 4 aromatic rings. The van der Waals surface area contributed by atoms with Crippen molar-refractivity contribution in [3.05, 3.63) is 83.1 Å². The van der Waals surface area contributed by atoms with Crippen molar-refractivity contribution in [3.8, 4) is 5.75 Å². The van der Waals surface area contributed by atoms with Crippen molar-refractivity contribution in [2.75, 3.05) is 12.0 Å². The van der Waals surface area contributed by atoms with Crippen molar-refractivity contribution < 1.29 is 9.53 Å². The lowest BCUT2D eigenvalue weighted by atomic mass is 10.1. The number of halogens is 1. The largest absolute Gasteiger partial charge is 0.497 e. The first kappa shape index (κ1) is 19.4. The van der Waals surface area contributed by atoms with E-state index >= 15 is 0 Å². The number of nitrogens with zero attached hydrogens (tertiary/aromatic N) is 3. The van der Waals surface area contributed by atoms with E-state index in [2.05, 4.69) is 9.97 Å². The molecule has 0 radical (unpaired) electrons. The Morgan fingerprint density at radius 1 is 1.17 bits per heavy atom. The van der Waals surface area contributed by atoms with Crippen molar-refractivity contribution in [2.45, 2.75) is 13.0 Å². The van der Waals surface area contributed by atoms with Crippen LogP contribution in [0.25, 0.3) is 10.2 Å². The van der Waals surface area contributed by atoms with Crippen molar-refractivity contribution >= 4 is 44.2 Å². The summed E-state index contributed by atoms with van der Waals surface area (Å²) in [7, 11) is 1.63. The van der Waals surface area contributed by atoms with Crippen LogP contribution in [0.15, 0.2) is 67.0 Å². The molecule has 0 spiro atoms. The van der Waals surface area contributed by atoms with Crippen molar-refractivity contribution in [1.29, 1.82) is 0 Å². The molecule has 0 atom stereocenters. The highest BCUT2D eigenvalue weighted by molar-refractivity contribution is 7.22. The zero-order chi connectivity index (χ0) is 20.2. The van der Waals surface area contributed by atoms with Crippen molar-refractivity contribution in [3.63, 3.8) is 0 Å². The monoisotopic (exact) mass is 423 g/mol. The van der Waals surface area contributed by atoms with E-state index in [0.717, 1.165) is 27.1 Å². The van der Waals surface area contributed by atoms with E-state index in [4.69, 9.17) is 16.3 Å². The summed E-state index contributed by atoms with van der Waals surface area (Å²) in [5.74, 6) is 0.682. The summed E-state index contributed by atoms with van der Waals surface area (Å²) in [5, 5.41) is 1.21. The predicted octanol–water partition coefficient (Wildman–Crippen LogP) is 5.13. The maximum Gasteiger partial charge on any atom is 0.233 e. The minimum absolute atomic E-state index is 0.0759. The normalized spacial score (nSPS) is 10.8. The molecule has 0 saturated heterocycles. The van der Waals surface area contributed by atoms with Gasteiger partial charge in [-0.1, -0.05) is 47.2 Å². The summed E-state index contributed by atoms with van der Waals surface area (Å²) in [4.78, 5) is 23.8. The molecule has 0 N–H and O–H groups in total. The van der Waals surface area contributed by atoms with E-state index in [1.54, 1.807) is 30.5 Å². The van der Waals surface area contributed by atoms with Gasteiger partial charge in [0.05, 0.1) is 30.3 Å². The number of amides is 1. The van der Waals surface area contributed by atoms with Crippen LogP contribution in [-0.4, -0.2) is 23.0 Å². The highest BCUT2D eigenvalue weighted by Crippen LogP contribution is 2.32. The maximum atomic E-state index is 13.3. The molecule has 0 bridgehead atoms. The summed E-state index contributed by atoms with van der Waals surface area (Å²) >= 11 is 7.73. The fourth-order valence-electron chi connectivity index (χ4n) is 2.97. The van der Waals surface area contributed by atoms with E-state index in [9.17, 15) is 4.79 Å². The number of pyridine rings is 1. The molecule has 2 heterocycles. The van der Waals surface area contributed by atoms with Crippen LogP contribution in [-0.2, 0) is 17.8 Å². The van der Waals surface area contributed by atoms with Gasteiger partial charge in [-0.3, -0.25) is 14.7 Å². The molecule has 0 unspecified atom stereocenters. The van der Waals surface area contributed by atoms with Crippen LogP contribution in [0.2, 0.25) is 5.02 Å². The second-order valence-electron chi connectivity index (χ2n) is 6.44. The van der Waals surface area contributed by atoms with Gasteiger partial charge in [-0.2, -0.15) is 0 Å². The lowest BCUT2D eigenvalue weighted by Crippen LogP contribution is -2.31. The average molecular weight is 424 g/mol. The number of hydrogen-bond donors (Lipinski definition) is 0. The Labute approximate surface area is 177 Å². The average Bonchev–Trinajstić information content (AvgIpc) is 3.17. The molecule has 1 amide bonds. The summed E-state index contributed by atoms with van der Waals surface area (Å²) in [6.07, 6.45) is 3.66. The number of ether oxygens (including phenoxy) is 1. The van der Waals surface area contributed by atoms with Gasteiger partial charge in [0.15, 0.2) is 5.13 Å². The smallest absolute Gasteiger partial charge is 0.233 e. The quantitative estimate of drug-likeness (QED) is 0.431. The van der Waals surface area contributed by atoms with Gasteiger partial charge in [0.1, 0.15) is 5.75 Å². The van der Waals surface area contributed by atoms with Crippen LogP contribution < -0.4 is 9.64 Å². The summed E-state index contributed by atoms with van der Waals surface area (Å²) in [5.41, 5.74) is 2.54. The molecule has 0 fully saturated rings. The molecule has 0 aliphatic heterocycles. The lowest BCUT2D eigenvalue weighted by molar-refractivity contribution is -0.118. The van der Waals surface area contributed by atoms with Crippen LogP contribution in [0, 0.1) is 0 Å².